The van der Waals surface area contributed by atoms with Crippen LogP contribution >= 0.6 is 0 Å². The highest BCUT2D eigenvalue weighted by molar-refractivity contribution is 5.78. The van der Waals surface area contributed by atoms with Crippen molar-refractivity contribution in [2.24, 2.45) is 0 Å². The van der Waals surface area contributed by atoms with Crippen LogP contribution in [-0.4, -0.2) is 38.7 Å². The van der Waals surface area contributed by atoms with Gasteiger partial charge in [-0.15, -0.1) is 0 Å². The maximum atomic E-state index is 11.5. The minimum atomic E-state index is -0.335. The number of rotatable bonds is 8. The second-order valence-electron chi connectivity index (χ2n) is 3.84. The number of esters is 1. The Hall–Kier alpha value is -2.24. The second kappa shape index (κ2) is 8.79. The molecule has 110 valence electrons. The number of hydrogen-bond acceptors (Lipinski definition) is 5. The minimum Gasteiger partial charge on any atom is -0.493 e. The van der Waals surface area contributed by atoms with Crippen molar-refractivity contribution in [2.75, 3.05) is 26.9 Å². The van der Waals surface area contributed by atoms with Gasteiger partial charge in [-0.3, -0.25) is 9.59 Å². The van der Waals surface area contributed by atoms with Crippen molar-refractivity contribution in [3.8, 4) is 11.5 Å². The van der Waals surface area contributed by atoms with E-state index in [0.29, 0.717) is 18.1 Å². The fourth-order valence-corrected chi connectivity index (χ4v) is 1.47. The van der Waals surface area contributed by atoms with Gasteiger partial charge in [0, 0.05) is 6.54 Å². The predicted octanol–water partition coefficient (Wildman–Crippen LogP) is 1.14. The van der Waals surface area contributed by atoms with Crippen LogP contribution < -0.4 is 14.8 Å². The first kappa shape index (κ1) is 15.8. The van der Waals surface area contributed by atoms with Crippen molar-refractivity contribution in [1.29, 1.82) is 0 Å². The zero-order valence-electron chi connectivity index (χ0n) is 11.7. The molecule has 0 atom stereocenters. The van der Waals surface area contributed by atoms with E-state index in [1.54, 1.807) is 25.1 Å². The topological polar surface area (TPSA) is 73.9 Å². The number of amides is 1. The van der Waals surface area contributed by atoms with Crippen LogP contribution in [-0.2, 0) is 14.3 Å². The van der Waals surface area contributed by atoms with E-state index in [0.717, 1.165) is 0 Å². The molecule has 0 saturated carbocycles. The van der Waals surface area contributed by atoms with Gasteiger partial charge in [0.25, 0.3) is 5.91 Å². The molecule has 0 aliphatic carbocycles. The van der Waals surface area contributed by atoms with Gasteiger partial charge in [-0.2, -0.15) is 0 Å². The van der Waals surface area contributed by atoms with Gasteiger partial charge in [0.2, 0.25) is 0 Å². The molecule has 1 amide bonds. The highest BCUT2D eigenvalue weighted by Gasteiger charge is 2.07. The Morgan fingerprint density at radius 2 is 1.90 bits per heavy atom. The van der Waals surface area contributed by atoms with Crippen LogP contribution in [0.15, 0.2) is 24.3 Å². The SMILES string of the molecule is CCOC(=O)CCNC(=O)COc1ccccc1OC. The first-order valence-corrected chi connectivity index (χ1v) is 6.35. The van der Waals surface area contributed by atoms with E-state index in [1.807, 2.05) is 6.07 Å². The molecule has 0 radical (unpaired) electrons. The maximum absolute atomic E-state index is 11.5. The molecule has 0 aromatic heterocycles. The number of hydrogen-bond donors (Lipinski definition) is 1. The van der Waals surface area contributed by atoms with Gasteiger partial charge >= 0.3 is 5.97 Å². The van der Waals surface area contributed by atoms with Crippen molar-refractivity contribution in [3.05, 3.63) is 24.3 Å². The van der Waals surface area contributed by atoms with Crippen LogP contribution in [0, 0.1) is 0 Å². The molecule has 1 rings (SSSR count). The lowest BCUT2D eigenvalue weighted by Crippen LogP contribution is -2.31. The molecule has 1 N–H and O–H groups in total. The van der Waals surface area contributed by atoms with Gasteiger partial charge < -0.3 is 19.5 Å². The highest BCUT2D eigenvalue weighted by atomic mass is 16.5. The third-order valence-electron chi connectivity index (χ3n) is 2.38. The van der Waals surface area contributed by atoms with E-state index in [-0.39, 0.29) is 31.4 Å². The van der Waals surface area contributed by atoms with Crippen molar-refractivity contribution < 1.29 is 23.8 Å². The molecule has 0 unspecified atom stereocenters. The van der Waals surface area contributed by atoms with Gasteiger partial charge in [-0.25, -0.2) is 0 Å². The molecule has 1 aromatic rings. The smallest absolute Gasteiger partial charge is 0.307 e. The minimum absolute atomic E-state index is 0.136. The Kier molecular flexibility index (Phi) is 6.95. The molecular formula is C14H19NO5. The Morgan fingerprint density at radius 1 is 1.20 bits per heavy atom. The summed E-state index contributed by atoms with van der Waals surface area (Å²) < 4.78 is 15.2. The molecule has 0 saturated heterocycles. The summed E-state index contributed by atoms with van der Waals surface area (Å²) >= 11 is 0. The third kappa shape index (κ3) is 5.60. The van der Waals surface area contributed by atoms with E-state index in [2.05, 4.69) is 5.32 Å². The molecule has 20 heavy (non-hydrogen) atoms. The Labute approximate surface area is 118 Å². The molecule has 0 bridgehead atoms. The summed E-state index contributed by atoms with van der Waals surface area (Å²) in [5.41, 5.74) is 0. The average molecular weight is 281 g/mol. The maximum Gasteiger partial charge on any atom is 0.307 e. The normalized spacial score (nSPS) is 9.70. The van der Waals surface area contributed by atoms with E-state index in [4.69, 9.17) is 14.2 Å². The van der Waals surface area contributed by atoms with Crippen LogP contribution in [0.4, 0.5) is 0 Å². The highest BCUT2D eigenvalue weighted by Crippen LogP contribution is 2.25. The zero-order valence-corrected chi connectivity index (χ0v) is 11.7. The summed E-state index contributed by atoms with van der Waals surface area (Å²) in [6, 6.07) is 7.06. The lowest BCUT2D eigenvalue weighted by Gasteiger charge is -2.10. The standard InChI is InChI=1S/C14H19NO5/c1-3-19-14(17)8-9-15-13(16)10-20-12-7-5-4-6-11(12)18-2/h4-7H,3,8-10H2,1-2H3,(H,15,16). The average Bonchev–Trinajstić information content (AvgIpc) is 2.45. The van der Waals surface area contributed by atoms with E-state index in [1.165, 1.54) is 7.11 Å². The summed E-state index contributed by atoms with van der Waals surface area (Å²) in [7, 11) is 1.53. The Balaban J connectivity index is 2.28. The molecule has 0 aliphatic rings. The van der Waals surface area contributed by atoms with Crippen LogP contribution in [0.2, 0.25) is 0 Å². The number of carbonyl (C=O) groups is 2. The van der Waals surface area contributed by atoms with Gasteiger partial charge in [0.1, 0.15) is 0 Å². The quantitative estimate of drug-likeness (QED) is 0.723. The Morgan fingerprint density at radius 3 is 2.55 bits per heavy atom. The number of benzene rings is 1. The summed E-state index contributed by atoms with van der Waals surface area (Å²) in [6.07, 6.45) is 0.147. The second-order valence-corrected chi connectivity index (χ2v) is 3.84. The van der Waals surface area contributed by atoms with E-state index >= 15 is 0 Å². The summed E-state index contributed by atoms with van der Waals surface area (Å²) in [5.74, 6) is 0.418. The zero-order chi connectivity index (χ0) is 14.8. The van der Waals surface area contributed by atoms with E-state index < -0.39 is 0 Å². The molecule has 6 nitrogen and oxygen atoms in total. The molecular weight excluding hydrogens is 262 g/mol. The predicted molar refractivity (Wildman–Crippen MR) is 72.7 cm³/mol. The van der Waals surface area contributed by atoms with Gasteiger partial charge in [0.05, 0.1) is 20.1 Å². The molecule has 0 aliphatic heterocycles. The van der Waals surface area contributed by atoms with Crippen molar-refractivity contribution in [1.82, 2.24) is 5.32 Å². The number of methoxy groups -OCH3 is 1. The monoisotopic (exact) mass is 281 g/mol. The number of ether oxygens (including phenoxy) is 3. The summed E-state index contributed by atoms with van der Waals surface area (Å²) in [6.45, 7) is 2.16. The van der Waals surface area contributed by atoms with Crippen molar-refractivity contribution >= 4 is 11.9 Å². The van der Waals surface area contributed by atoms with Crippen LogP contribution in [0.5, 0.6) is 11.5 Å². The number of carbonyl (C=O) groups excluding carboxylic acids is 2. The van der Waals surface area contributed by atoms with Gasteiger partial charge in [-0.05, 0) is 19.1 Å². The first-order chi connectivity index (χ1) is 9.67. The van der Waals surface area contributed by atoms with Crippen molar-refractivity contribution in [2.45, 2.75) is 13.3 Å². The van der Waals surface area contributed by atoms with Gasteiger partial charge in [0.15, 0.2) is 18.1 Å². The molecule has 1 aromatic carbocycles. The lowest BCUT2D eigenvalue weighted by atomic mass is 10.3. The third-order valence-corrected chi connectivity index (χ3v) is 2.38. The number of para-hydroxylation sites is 2. The van der Waals surface area contributed by atoms with Crippen LogP contribution in [0.3, 0.4) is 0 Å². The lowest BCUT2D eigenvalue weighted by molar-refractivity contribution is -0.143. The van der Waals surface area contributed by atoms with E-state index in [9.17, 15) is 9.59 Å². The summed E-state index contributed by atoms with van der Waals surface area (Å²) in [4.78, 5) is 22.6. The molecule has 0 heterocycles. The largest absolute Gasteiger partial charge is 0.493 e. The molecule has 6 heteroatoms. The fourth-order valence-electron chi connectivity index (χ4n) is 1.47. The fraction of sp³-hybridized carbons (Fsp3) is 0.429. The summed E-state index contributed by atoms with van der Waals surface area (Å²) in [5, 5.41) is 2.57. The van der Waals surface area contributed by atoms with Gasteiger partial charge in [-0.1, -0.05) is 12.1 Å². The molecule has 0 fully saturated rings. The molecule has 0 spiro atoms. The Bertz CT molecular complexity index is 447. The van der Waals surface area contributed by atoms with Crippen LogP contribution in [0.25, 0.3) is 0 Å². The van der Waals surface area contributed by atoms with Crippen molar-refractivity contribution in [3.63, 3.8) is 0 Å². The number of nitrogens with one attached hydrogen (secondary N) is 1. The first-order valence-electron chi connectivity index (χ1n) is 6.35. The van der Waals surface area contributed by atoms with Crippen LogP contribution in [0.1, 0.15) is 13.3 Å².